The second kappa shape index (κ2) is 5.50. The number of phenols is 1. The Hall–Kier alpha value is -1.39. The van der Waals surface area contributed by atoms with Gasteiger partial charge >= 0.3 is 0 Å². The summed E-state index contributed by atoms with van der Waals surface area (Å²) < 4.78 is 0. The number of benzene rings is 1. The number of phenolic OH excluding ortho intramolecular Hbond substituents is 1. The highest BCUT2D eigenvalue weighted by Crippen LogP contribution is 2.24. The number of Topliss-reactive ketones (excluding diaryl/α,β-unsaturated/α-hetero) is 1. The minimum absolute atomic E-state index is 0.00547. The number of likely N-dealkylation sites (tertiary alicyclic amines) is 1. The van der Waals surface area contributed by atoms with Crippen LogP contribution in [0.15, 0.2) is 18.2 Å². The van der Waals surface area contributed by atoms with Crippen molar-refractivity contribution in [2.24, 2.45) is 5.92 Å². The number of carbonyl (C=O) groups excluding carboxylic acids is 1. The third-order valence-corrected chi connectivity index (χ3v) is 3.51. The zero-order chi connectivity index (χ0) is 13.1. The first-order valence-corrected chi connectivity index (χ1v) is 6.26. The topological polar surface area (TPSA) is 60.8 Å². The van der Waals surface area contributed by atoms with Gasteiger partial charge in [-0.05, 0) is 44.0 Å². The standard InChI is InChI=1S/C14H19NO3/c1-10(17)12-2-3-14(18)13(6-12)8-15-5-4-11(7-15)9-16/h2-3,6,11,16,18H,4-5,7-9H2,1H3. The van der Waals surface area contributed by atoms with E-state index in [0.29, 0.717) is 18.0 Å². The molecule has 0 saturated carbocycles. The van der Waals surface area contributed by atoms with Crippen molar-refractivity contribution in [1.82, 2.24) is 4.90 Å². The Kier molecular flexibility index (Phi) is 3.99. The molecule has 0 aromatic heterocycles. The molecular weight excluding hydrogens is 230 g/mol. The first-order chi connectivity index (χ1) is 8.60. The quantitative estimate of drug-likeness (QED) is 0.792. The molecule has 4 heteroatoms. The molecule has 98 valence electrons. The van der Waals surface area contributed by atoms with Crippen LogP contribution in [0, 0.1) is 5.92 Å². The molecule has 0 spiro atoms. The fraction of sp³-hybridized carbons (Fsp3) is 0.500. The van der Waals surface area contributed by atoms with Gasteiger partial charge in [-0.1, -0.05) is 0 Å². The van der Waals surface area contributed by atoms with Gasteiger partial charge in [-0.25, -0.2) is 0 Å². The summed E-state index contributed by atoms with van der Waals surface area (Å²) in [6.07, 6.45) is 0.990. The van der Waals surface area contributed by atoms with E-state index in [0.717, 1.165) is 25.1 Å². The van der Waals surface area contributed by atoms with Crippen LogP contribution in [0.1, 0.15) is 29.3 Å². The fourth-order valence-electron chi connectivity index (χ4n) is 2.38. The van der Waals surface area contributed by atoms with Gasteiger partial charge in [-0.3, -0.25) is 9.69 Å². The predicted octanol–water partition coefficient (Wildman–Crippen LogP) is 1.41. The van der Waals surface area contributed by atoms with E-state index >= 15 is 0 Å². The number of nitrogens with zero attached hydrogens (tertiary/aromatic N) is 1. The number of rotatable bonds is 4. The van der Waals surface area contributed by atoms with Crippen molar-refractivity contribution in [3.05, 3.63) is 29.3 Å². The van der Waals surface area contributed by atoms with E-state index in [2.05, 4.69) is 4.90 Å². The second-order valence-electron chi connectivity index (χ2n) is 4.97. The average Bonchev–Trinajstić information content (AvgIpc) is 2.79. The lowest BCUT2D eigenvalue weighted by Gasteiger charge is -2.16. The Morgan fingerprint density at radius 3 is 2.89 bits per heavy atom. The number of carbonyl (C=O) groups is 1. The van der Waals surface area contributed by atoms with E-state index in [1.165, 1.54) is 6.92 Å². The van der Waals surface area contributed by atoms with E-state index in [1.54, 1.807) is 18.2 Å². The molecule has 2 rings (SSSR count). The summed E-state index contributed by atoms with van der Waals surface area (Å²) in [4.78, 5) is 13.5. The van der Waals surface area contributed by atoms with E-state index < -0.39 is 0 Å². The molecule has 1 saturated heterocycles. The van der Waals surface area contributed by atoms with Crippen LogP contribution in [0.25, 0.3) is 0 Å². The molecule has 0 radical (unpaired) electrons. The Labute approximate surface area is 107 Å². The van der Waals surface area contributed by atoms with Crippen molar-refractivity contribution in [2.75, 3.05) is 19.7 Å². The van der Waals surface area contributed by atoms with Crippen molar-refractivity contribution >= 4 is 5.78 Å². The second-order valence-corrected chi connectivity index (χ2v) is 4.97. The highest BCUT2D eigenvalue weighted by atomic mass is 16.3. The molecule has 1 aliphatic heterocycles. The van der Waals surface area contributed by atoms with Crippen LogP contribution in [0.2, 0.25) is 0 Å². The molecule has 1 atom stereocenters. The minimum atomic E-state index is 0.00547. The van der Waals surface area contributed by atoms with Crippen LogP contribution >= 0.6 is 0 Å². The maximum Gasteiger partial charge on any atom is 0.159 e. The number of aliphatic hydroxyl groups excluding tert-OH is 1. The highest BCUT2D eigenvalue weighted by Gasteiger charge is 2.22. The molecule has 2 N–H and O–H groups in total. The molecule has 0 aliphatic carbocycles. The molecule has 1 aromatic rings. The summed E-state index contributed by atoms with van der Waals surface area (Å²) in [6.45, 7) is 4.14. The number of hydrogen-bond donors (Lipinski definition) is 2. The molecule has 1 unspecified atom stereocenters. The van der Waals surface area contributed by atoms with Crippen LogP contribution in [0.4, 0.5) is 0 Å². The molecule has 1 heterocycles. The molecule has 1 aliphatic rings. The van der Waals surface area contributed by atoms with Gasteiger partial charge in [0, 0.05) is 30.8 Å². The van der Waals surface area contributed by atoms with Gasteiger partial charge in [0.25, 0.3) is 0 Å². The predicted molar refractivity (Wildman–Crippen MR) is 68.6 cm³/mol. The number of ketones is 1. The van der Waals surface area contributed by atoms with E-state index in [-0.39, 0.29) is 18.1 Å². The maximum absolute atomic E-state index is 11.3. The molecule has 0 amide bonds. The molecule has 1 aromatic carbocycles. The van der Waals surface area contributed by atoms with Crippen molar-refractivity contribution in [3.8, 4) is 5.75 Å². The zero-order valence-corrected chi connectivity index (χ0v) is 10.6. The smallest absolute Gasteiger partial charge is 0.159 e. The van der Waals surface area contributed by atoms with Gasteiger partial charge < -0.3 is 10.2 Å². The third-order valence-electron chi connectivity index (χ3n) is 3.51. The van der Waals surface area contributed by atoms with E-state index in [1.807, 2.05) is 0 Å². The first-order valence-electron chi connectivity index (χ1n) is 6.26. The van der Waals surface area contributed by atoms with E-state index in [4.69, 9.17) is 5.11 Å². The van der Waals surface area contributed by atoms with Gasteiger partial charge in [-0.15, -0.1) is 0 Å². The summed E-state index contributed by atoms with van der Waals surface area (Å²) in [6, 6.07) is 4.97. The Bertz CT molecular complexity index is 445. The normalized spacial score (nSPS) is 20.2. The Morgan fingerprint density at radius 1 is 1.50 bits per heavy atom. The van der Waals surface area contributed by atoms with Crippen LogP contribution < -0.4 is 0 Å². The van der Waals surface area contributed by atoms with Crippen LogP contribution in [0.5, 0.6) is 5.75 Å². The number of aromatic hydroxyl groups is 1. The third kappa shape index (κ3) is 2.89. The number of aliphatic hydroxyl groups is 1. The van der Waals surface area contributed by atoms with Crippen molar-refractivity contribution in [1.29, 1.82) is 0 Å². The SMILES string of the molecule is CC(=O)c1ccc(O)c(CN2CCC(CO)C2)c1. The fourth-order valence-corrected chi connectivity index (χ4v) is 2.38. The molecule has 0 bridgehead atoms. The van der Waals surface area contributed by atoms with Crippen molar-refractivity contribution in [2.45, 2.75) is 19.9 Å². The summed E-state index contributed by atoms with van der Waals surface area (Å²) >= 11 is 0. The van der Waals surface area contributed by atoms with Gasteiger partial charge in [0.15, 0.2) is 5.78 Å². The summed E-state index contributed by atoms with van der Waals surface area (Å²) in [5.74, 6) is 0.571. The van der Waals surface area contributed by atoms with E-state index in [9.17, 15) is 9.90 Å². The molecule has 4 nitrogen and oxygen atoms in total. The minimum Gasteiger partial charge on any atom is -0.508 e. The molecule has 1 fully saturated rings. The average molecular weight is 249 g/mol. The zero-order valence-electron chi connectivity index (χ0n) is 10.6. The van der Waals surface area contributed by atoms with Crippen molar-refractivity contribution < 1.29 is 15.0 Å². The summed E-state index contributed by atoms with van der Waals surface area (Å²) in [5, 5.41) is 18.9. The summed E-state index contributed by atoms with van der Waals surface area (Å²) in [7, 11) is 0. The maximum atomic E-state index is 11.3. The number of hydrogen-bond acceptors (Lipinski definition) is 4. The Morgan fingerprint density at radius 2 is 2.28 bits per heavy atom. The Balaban J connectivity index is 2.09. The largest absolute Gasteiger partial charge is 0.508 e. The van der Waals surface area contributed by atoms with Crippen LogP contribution in [-0.4, -0.2) is 40.6 Å². The van der Waals surface area contributed by atoms with Crippen LogP contribution in [0.3, 0.4) is 0 Å². The lowest BCUT2D eigenvalue weighted by Crippen LogP contribution is -2.21. The van der Waals surface area contributed by atoms with Gasteiger partial charge in [0.2, 0.25) is 0 Å². The highest BCUT2D eigenvalue weighted by molar-refractivity contribution is 5.94. The van der Waals surface area contributed by atoms with Gasteiger partial charge in [0.05, 0.1) is 0 Å². The monoisotopic (exact) mass is 249 g/mol. The van der Waals surface area contributed by atoms with Gasteiger partial charge in [-0.2, -0.15) is 0 Å². The summed E-state index contributed by atoms with van der Waals surface area (Å²) in [5.41, 5.74) is 1.40. The lowest BCUT2D eigenvalue weighted by molar-refractivity contribution is 0.101. The van der Waals surface area contributed by atoms with Crippen molar-refractivity contribution in [3.63, 3.8) is 0 Å². The molecule has 18 heavy (non-hydrogen) atoms. The molecular formula is C14H19NO3. The van der Waals surface area contributed by atoms with Crippen LogP contribution in [-0.2, 0) is 6.54 Å². The lowest BCUT2D eigenvalue weighted by atomic mass is 10.1. The first kappa shape index (κ1) is 13.1. The van der Waals surface area contributed by atoms with Gasteiger partial charge in [0.1, 0.15) is 5.75 Å².